The molecule has 0 aliphatic heterocycles. The fourth-order valence-electron chi connectivity index (χ4n) is 3.67. The number of carbonyl (C=O) groups excluding carboxylic acids is 1. The lowest BCUT2D eigenvalue weighted by molar-refractivity contribution is 0.102. The molecule has 0 bridgehead atoms. The summed E-state index contributed by atoms with van der Waals surface area (Å²) < 4.78 is 28.5. The Morgan fingerprint density at radius 3 is 2.43 bits per heavy atom. The third kappa shape index (κ3) is 4.13. The van der Waals surface area contributed by atoms with E-state index in [9.17, 15) is 13.2 Å². The van der Waals surface area contributed by atoms with Gasteiger partial charge in [-0.15, -0.1) is 11.3 Å². The number of hydrogen-bond acceptors (Lipinski definition) is 4. The first-order valence-corrected chi connectivity index (χ1v) is 12.3. The van der Waals surface area contributed by atoms with Gasteiger partial charge >= 0.3 is 0 Å². The van der Waals surface area contributed by atoms with Crippen LogP contribution in [0, 0.1) is 13.8 Å². The number of anilines is 2. The maximum atomic E-state index is 13.2. The first kappa shape index (κ1) is 20.6. The molecule has 156 valence electrons. The molecule has 0 radical (unpaired) electrons. The van der Waals surface area contributed by atoms with E-state index >= 15 is 0 Å². The molecule has 3 aromatic rings. The van der Waals surface area contributed by atoms with Gasteiger partial charge in [0.05, 0.1) is 10.5 Å². The molecule has 1 heterocycles. The van der Waals surface area contributed by atoms with Crippen LogP contribution in [0.5, 0.6) is 0 Å². The summed E-state index contributed by atoms with van der Waals surface area (Å²) in [4.78, 5) is 14.5. The Labute approximate surface area is 181 Å². The summed E-state index contributed by atoms with van der Waals surface area (Å²) in [6.45, 7) is 4.02. The van der Waals surface area contributed by atoms with E-state index in [2.05, 4.69) is 10.0 Å². The predicted octanol–water partition coefficient (Wildman–Crippen LogP) is 5.30. The van der Waals surface area contributed by atoms with E-state index in [1.807, 2.05) is 32.0 Å². The molecule has 7 heteroatoms. The molecule has 1 aromatic heterocycles. The van der Waals surface area contributed by atoms with Crippen LogP contribution in [0.4, 0.5) is 10.7 Å². The highest BCUT2D eigenvalue weighted by Gasteiger charge is 2.28. The Hall–Kier alpha value is -2.64. The van der Waals surface area contributed by atoms with Crippen LogP contribution in [0.2, 0.25) is 0 Å². The van der Waals surface area contributed by atoms with Crippen molar-refractivity contribution in [3.8, 4) is 0 Å². The van der Waals surface area contributed by atoms with Gasteiger partial charge < -0.3 is 5.32 Å². The maximum Gasteiger partial charge on any atom is 0.262 e. The number of benzene rings is 2. The summed E-state index contributed by atoms with van der Waals surface area (Å²) in [7, 11) is -3.77. The highest BCUT2D eigenvalue weighted by molar-refractivity contribution is 7.93. The van der Waals surface area contributed by atoms with Gasteiger partial charge in [-0.05, 0) is 80.5 Å². The van der Waals surface area contributed by atoms with Gasteiger partial charge in [-0.3, -0.25) is 9.52 Å². The number of aryl methyl sites for hydroxylation is 3. The zero-order valence-corrected chi connectivity index (χ0v) is 18.6. The van der Waals surface area contributed by atoms with Crippen LogP contribution < -0.4 is 10.0 Å². The highest BCUT2D eigenvalue weighted by Crippen LogP contribution is 2.39. The number of thiophene rings is 1. The minimum Gasteiger partial charge on any atom is -0.322 e. The largest absolute Gasteiger partial charge is 0.322 e. The Kier molecular flexibility index (Phi) is 5.66. The van der Waals surface area contributed by atoms with E-state index in [-0.39, 0.29) is 10.8 Å². The molecule has 0 unspecified atom stereocenters. The van der Waals surface area contributed by atoms with Crippen molar-refractivity contribution in [3.05, 3.63) is 75.7 Å². The van der Waals surface area contributed by atoms with E-state index < -0.39 is 10.0 Å². The zero-order chi connectivity index (χ0) is 21.3. The van der Waals surface area contributed by atoms with Gasteiger partial charge in [0.15, 0.2) is 0 Å². The van der Waals surface area contributed by atoms with E-state index in [1.54, 1.807) is 30.3 Å². The molecule has 2 N–H and O–H groups in total. The van der Waals surface area contributed by atoms with Crippen molar-refractivity contribution in [2.75, 3.05) is 10.0 Å². The van der Waals surface area contributed by atoms with Crippen molar-refractivity contribution < 1.29 is 13.2 Å². The van der Waals surface area contributed by atoms with Crippen LogP contribution in [0.3, 0.4) is 0 Å². The molecule has 4 rings (SSSR count). The van der Waals surface area contributed by atoms with Gasteiger partial charge in [0.25, 0.3) is 15.9 Å². The van der Waals surface area contributed by atoms with E-state index in [0.717, 1.165) is 47.3 Å². The average molecular weight is 441 g/mol. The number of carbonyl (C=O) groups is 1. The van der Waals surface area contributed by atoms with Gasteiger partial charge in [-0.25, -0.2) is 8.42 Å². The topological polar surface area (TPSA) is 75.3 Å². The minimum absolute atomic E-state index is 0.178. The summed E-state index contributed by atoms with van der Waals surface area (Å²) in [6.07, 6.45) is 3.71. The Morgan fingerprint density at radius 2 is 1.70 bits per heavy atom. The molecule has 0 atom stereocenters. The van der Waals surface area contributed by atoms with Gasteiger partial charge in [0.2, 0.25) is 0 Å². The lowest BCUT2D eigenvalue weighted by atomic mass is 9.95. The van der Waals surface area contributed by atoms with Gasteiger partial charge in [0.1, 0.15) is 5.00 Å². The molecule has 0 saturated carbocycles. The lowest BCUT2D eigenvalue weighted by Crippen LogP contribution is -2.19. The summed E-state index contributed by atoms with van der Waals surface area (Å²) in [6, 6.07) is 14.0. The summed E-state index contributed by atoms with van der Waals surface area (Å²) in [5, 5.41) is 3.36. The first-order valence-electron chi connectivity index (χ1n) is 9.96. The van der Waals surface area contributed by atoms with Crippen LogP contribution in [0.1, 0.15) is 44.8 Å². The molecule has 0 spiro atoms. The molecule has 0 saturated heterocycles. The Morgan fingerprint density at radius 1 is 0.967 bits per heavy atom. The number of amides is 1. The number of nitrogens with one attached hydrogen (secondary N) is 2. The molecular formula is C23H24N2O3S2. The van der Waals surface area contributed by atoms with Crippen molar-refractivity contribution in [3.63, 3.8) is 0 Å². The summed E-state index contributed by atoms with van der Waals surface area (Å²) in [5.74, 6) is -0.275. The fraction of sp³-hybridized carbons (Fsp3) is 0.261. The van der Waals surface area contributed by atoms with Crippen LogP contribution in [0.15, 0.2) is 53.4 Å². The van der Waals surface area contributed by atoms with E-state index in [0.29, 0.717) is 16.3 Å². The van der Waals surface area contributed by atoms with E-state index in [1.165, 1.54) is 11.3 Å². The molecule has 5 nitrogen and oxygen atoms in total. The SMILES string of the molecule is Cc1ccc(NC(=O)c2c(NS(=O)(=O)c3ccccc3)sc3c2CCCC3)cc1C. The predicted molar refractivity (Wildman–Crippen MR) is 122 cm³/mol. The quantitative estimate of drug-likeness (QED) is 0.565. The van der Waals surface area contributed by atoms with Crippen LogP contribution in [-0.4, -0.2) is 14.3 Å². The standard InChI is InChI=1S/C23H24N2O3S2/c1-15-12-13-17(14-16(15)2)24-22(26)21-19-10-6-7-11-20(19)29-23(21)25-30(27,28)18-8-4-3-5-9-18/h3-5,8-9,12-14,25H,6-7,10-11H2,1-2H3,(H,24,26). The van der Waals surface area contributed by atoms with Crippen molar-refractivity contribution in [1.82, 2.24) is 0 Å². The van der Waals surface area contributed by atoms with Crippen LogP contribution in [-0.2, 0) is 22.9 Å². The normalized spacial score (nSPS) is 13.5. The summed E-state index contributed by atoms with van der Waals surface area (Å²) >= 11 is 1.38. The second-order valence-electron chi connectivity index (χ2n) is 7.59. The van der Waals surface area contributed by atoms with Gasteiger partial charge in [-0.1, -0.05) is 24.3 Å². The smallest absolute Gasteiger partial charge is 0.262 e. The number of sulfonamides is 1. The fourth-order valence-corrected chi connectivity index (χ4v) is 6.28. The number of fused-ring (bicyclic) bond motifs is 1. The maximum absolute atomic E-state index is 13.2. The Bertz CT molecular complexity index is 1200. The molecule has 1 amide bonds. The molecule has 1 aliphatic rings. The van der Waals surface area contributed by atoms with Crippen molar-refractivity contribution in [2.45, 2.75) is 44.4 Å². The third-order valence-electron chi connectivity index (χ3n) is 5.44. The molecule has 30 heavy (non-hydrogen) atoms. The van der Waals surface area contributed by atoms with Crippen LogP contribution >= 0.6 is 11.3 Å². The summed E-state index contributed by atoms with van der Waals surface area (Å²) in [5.41, 5.74) is 4.36. The molecule has 2 aromatic carbocycles. The second-order valence-corrected chi connectivity index (χ2v) is 10.4. The molecule has 1 aliphatic carbocycles. The van der Waals surface area contributed by atoms with Gasteiger partial charge in [0, 0.05) is 10.6 Å². The first-order chi connectivity index (χ1) is 14.3. The molecule has 0 fully saturated rings. The number of rotatable bonds is 5. The monoisotopic (exact) mass is 440 g/mol. The van der Waals surface area contributed by atoms with Gasteiger partial charge in [-0.2, -0.15) is 0 Å². The lowest BCUT2D eigenvalue weighted by Gasteiger charge is -2.14. The average Bonchev–Trinajstić information content (AvgIpc) is 3.08. The third-order valence-corrected chi connectivity index (χ3v) is 8.15. The Balaban J connectivity index is 1.70. The van der Waals surface area contributed by atoms with Crippen molar-refractivity contribution in [2.24, 2.45) is 0 Å². The molecular weight excluding hydrogens is 416 g/mol. The van der Waals surface area contributed by atoms with Crippen LogP contribution in [0.25, 0.3) is 0 Å². The second kappa shape index (κ2) is 8.24. The zero-order valence-electron chi connectivity index (χ0n) is 17.0. The number of hydrogen-bond donors (Lipinski definition) is 2. The van der Waals surface area contributed by atoms with E-state index in [4.69, 9.17) is 0 Å². The van der Waals surface area contributed by atoms with Crippen molar-refractivity contribution >= 4 is 38.0 Å². The van der Waals surface area contributed by atoms with Crippen molar-refractivity contribution in [1.29, 1.82) is 0 Å². The highest BCUT2D eigenvalue weighted by atomic mass is 32.2. The minimum atomic E-state index is -3.77.